The van der Waals surface area contributed by atoms with Crippen LogP contribution in [0.1, 0.15) is 43.9 Å². The number of benzene rings is 2. The number of carbonyl (C=O) groups excluding carboxylic acids is 2. The van der Waals surface area contributed by atoms with Crippen LogP contribution in [0.5, 0.6) is 0 Å². The molecule has 2 rings (SSSR count). The van der Waals surface area contributed by atoms with Crippen molar-refractivity contribution in [2.75, 3.05) is 6.54 Å². The van der Waals surface area contributed by atoms with Crippen LogP contribution in [0.3, 0.4) is 0 Å². The Morgan fingerprint density at radius 1 is 1.00 bits per heavy atom. The van der Waals surface area contributed by atoms with Gasteiger partial charge in [-0.25, -0.2) is 4.39 Å². The van der Waals surface area contributed by atoms with Crippen molar-refractivity contribution in [2.45, 2.75) is 53.1 Å². The zero-order valence-electron chi connectivity index (χ0n) is 17.7. The lowest BCUT2D eigenvalue weighted by molar-refractivity contribution is -0.141. The highest BCUT2D eigenvalue weighted by Gasteiger charge is 2.28. The molecule has 0 aliphatic heterocycles. The molecule has 2 aromatic carbocycles. The van der Waals surface area contributed by atoms with E-state index in [1.807, 2.05) is 52.0 Å². The van der Waals surface area contributed by atoms with Gasteiger partial charge in [-0.2, -0.15) is 0 Å². The van der Waals surface area contributed by atoms with E-state index in [-0.39, 0.29) is 30.6 Å². The van der Waals surface area contributed by atoms with Gasteiger partial charge in [0, 0.05) is 13.1 Å². The minimum Gasteiger partial charge on any atom is -0.354 e. The molecule has 0 unspecified atom stereocenters. The van der Waals surface area contributed by atoms with Crippen LogP contribution in [-0.4, -0.2) is 29.3 Å². The van der Waals surface area contributed by atoms with E-state index in [4.69, 9.17) is 0 Å². The third-order valence-corrected chi connectivity index (χ3v) is 4.81. The van der Waals surface area contributed by atoms with Gasteiger partial charge < -0.3 is 10.2 Å². The Kier molecular flexibility index (Phi) is 8.37. The minimum absolute atomic E-state index is 0.121. The van der Waals surface area contributed by atoms with Gasteiger partial charge in [-0.05, 0) is 42.5 Å². The predicted molar refractivity (Wildman–Crippen MR) is 114 cm³/mol. The van der Waals surface area contributed by atoms with Crippen LogP contribution in [-0.2, 0) is 22.6 Å². The van der Waals surface area contributed by atoms with Crippen LogP contribution in [0.2, 0.25) is 0 Å². The number of amides is 2. The molecule has 0 aliphatic carbocycles. The van der Waals surface area contributed by atoms with Crippen molar-refractivity contribution < 1.29 is 14.0 Å². The van der Waals surface area contributed by atoms with E-state index < -0.39 is 6.04 Å². The third-order valence-electron chi connectivity index (χ3n) is 4.81. The van der Waals surface area contributed by atoms with Crippen LogP contribution in [0.4, 0.5) is 4.39 Å². The van der Waals surface area contributed by atoms with Crippen molar-refractivity contribution in [2.24, 2.45) is 5.92 Å². The fourth-order valence-electron chi connectivity index (χ4n) is 3.11. The smallest absolute Gasteiger partial charge is 0.242 e. The maximum absolute atomic E-state index is 13.3. The van der Waals surface area contributed by atoms with E-state index in [0.29, 0.717) is 18.9 Å². The molecule has 5 heteroatoms. The predicted octanol–water partition coefficient (Wildman–Crippen LogP) is 4.26. The van der Waals surface area contributed by atoms with Gasteiger partial charge >= 0.3 is 0 Å². The van der Waals surface area contributed by atoms with Gasteiger partial charge in [0.25, 0.3) is 0 Å². The average Bonchev–Trinajstić information content (AvgIpc) is 2.69. The largest absolute Gasteiger partial charge is 0.354 e. The fraction of sp³-hybridized carbons (Fsp3) is 0.417. The van der Waals surface area contributed by atoms with Crippen LogP contribution in [0.15, 0.2) is 48.5 Å². The third kappa shape index (κ3) is 7.00. The van der Waals surface area contributed by atoms with Crippen LogP contribution in [0, 0.1) is 18.7 Å². The average molecular weight is 399 g/mol. The Labute approximate surface area is 173 Å². The van der Waals surface area contributed by atoms with Gasteiger partial charge in [0.1, 0.15) is 11.9 Å². The van der Waals surface area contributed by atoms with Gasteiger partial charge in [0.15, 0.2) is 0 Å². The first-order chi connectivity index (χ1) is 13.8. The van der Waals surface area contributed by atoms with Gasteiger partial charge in [0.2, 0.25) is 11.8 Å². The maximum atomic E-state index is 13.3. The van der Waals surface area contributed by atoms with Crippen LogP contribution in [0.25, 0.3) is 0 Å². The number of hydrogen-bond donors (Lipinski definition) is 1. The summed E-state index contributed by atoms with van der Waals surface area (Å²) in [5.74, 6) is -0.274. The normalized spacial score (nSPS) is 11.9. The SMILES string of the molecule is CC[C@@H](C(=O)NCC(C)C)N(Cc1ccc(F)cc1)C(=O)Cc1ccc(C)cc1. The second-order valence-corrected chi connectivity index (χ2v) is 7.87. The molecule has 0 saturated carbocycles. The van der Waals surface area contributed by atoms with Crippen LogP contribution < -0.4 is 5.32 Å². The lowest BCUT2D eigenvalue weighted by Crippen LogP contribution is -2.50. The Morgan fingerprint density at radius 2 is 1.59 bits per heavy atom. The first-order valence-corrected chi connectivity index (χ1v) is 10.2. The standard InChI is InChI=1S/C24H31FN2O2/c1-5-22(24(29)26-15-17(2)3)27(16-20-10-12-21(25)13-11-20)23(28)14-19-8-6-18(4)7-9-19/h6-13,17,22H,5,14-16H2,1-4H3,(H,26,29)/t22-/m0/s1. The molecule has 1 atom stereocenters. The molecule has 0 aliphatic rings. The van der Waals surface area contributed by atoms with Crippen molar-refractivity contribution in [1.82, 2.24) is 10.2 Å². The van der Waals surface area contributed by atoms with E-state index in [1.165, 1.54) is 12.1 Å². The monoisotopic (exact) mass is 398 g/mol. The lowest BCUT2D eigenvalue weighted by Gasteiger charge is -2.31. The van der Waals surface area contributed by atoms with Crippen molar-refractivity contribution >= 4 is 11.8 Å². The molecular formula is C24H31FN2O2. The van der Waals surface area contributed by atoms with E-state index >= 15 is 0 Å². The molecule has 2 amide bonds. The number of halogens is 1. The Morgan fingerprint density at radius 3 is 2.14 bits per heavy atom. The molecule has 0 radical (unpaired) electrons. The molecule has 2 aromatic rings. The minimum atomic E-state index is -0.572. The summed E-state index contributed by atoms with van der Waals surface area (Å²) in [4.78, 5) is 27.6. The van der Waals surface area contributed by atoms with Crippen molar-refractivity contribution in [3.8, 4) is 0 Å². The molecule has 0 heterocycles. The molecule has 0 fully saturated rings. The summed E-state index contributed by atoms with van der Waals surface area (Å²) in [6.45, 7) is 8.78. The summed E-state index contributed by atoms with van der Waals surface area (Å²) >= 11 is 0. The van der Waals surface area contributed by atoms with E-state index in [2.05, 4.69) is 5.32 Å². The van der Waals surface area contributed by atoms with Gasteiger partial charge in [-0.15, -0.1) is 0 Å². The number of rotatable bonds is 9. The Hall–Kier alpha value is -2.69. The van der Waals surface area contributed by atoms with Crippen molar-refractivity contribution in [3.63, 3.8) is 0 Å². The quantitative estimate of drug-likeness (QED) is 0.686. The van der Waals surface area contributed by atoms with Crippen molar-refractivity contribution in [1.29, 1.82) is 0 Å². The molecule has 4 nitrogen and oxygen atoms in total. The topological polar surface area (TPSA) is 49.4 Å². The summed E-state index contributed by atoms with van der Waals surface area (Å²) in [7, 11) is 0. The van der Waals surface area contributed by atoms with E-state index in [0.717, 1.165) is 16.7 Å². The van der Waals surface area contributed by atoms with Gasteiger partial charge in [-0.1, -0.05) is 62.7 Å². The number of nitrogens with one attached hydrogen (secondary N) is 1. The Bertz CT molecular complexity index is 801. The molecule has 156 valence electrons. The summed E-state index contributed by atoms with van der Waals surface area (Å²) in [5.41, 5.74) is 2.82. The highest BCUT2D eigenvalue weighted by atomic mass is 19.1. The van der Waals surface area contributed by atoms with Gasteiger partial charge in [0.05, 0.1) is 6.42 Å². The lowest BCUT2D eigenvalue weighted by atomic mass is 10.1. The molecule has 0 bridgehead atoms. The highest BCUT2D eigenvalue weighted by molar-refractivity contribution is 5.88. The van der Waals surface area contributed by atoms with Crippen LogP contribution >= 0.6 is 0 Å². The first kappa shape index (κ1) is 22.6. The highest BCUT2D eigenvalue weighted by Crippen LogP contribution is 2.16. The summed E-state index contributed by atoms with van der Waals surface area (Å²) in [6, 6.07) is 13.3. The molecule has 0 aromatic heterocycles. The zero-order valence-corrected chi connectivity index (χ0v) is 17.7. The molecular weight excluding hydrogens is 367 g/mol. The zero-order chi connectivity index (χ0) is 21.4. The van der Waals surface area contributed by atoms with Gasteiger partial charge in [-0.3, -0.25) is 9.59 Å². The molecule has 0 spiro atoms. The van der Waals surface area contributed by atoms with E-state index in [1.54, 1.807) is 17.0 Å². The fourth-order valence-corrected chi connectivity index (χ4v) is 3.11. The second-order valence-electron chi connectivity index (χ2n) is 7.87. The molecule has 0 saturated heterocycles. The number of hydrogen-bond acceptors (Lipinski definition) is 2. The summed E-state index contributed by atoms with van der Waals surface area (Å²) in [6.07, 6.45) is 0.722. The van der Waals surface area contributed by atoms with Crippen molar-refractivity contribution in [3.05, 3.63) is 71.0 Å². The molecule has 1 N–H and O–H groups in total. The van der Waals surface area contributed by atoms with E-state index in [9.17, 15) is 14.0 Å². The Balaban J connectivity index is 2.24. The second kappa shape index (κ2) is 10.7. The first-order valence-electron chi connectivity index (χ1n) is 10.2. The molecule has 29 heavy (non-hydrogen) atoms. The maximum Gasteiger partial charge on any atom is 0.242 e. The summed E-state index contributed by atoms with van der Waals surface area (Å²) in [5, 5.41) is 2.94. The number of nitrogens with zero attached hydrogens (tertiary/aromatic N) is 1. The summed E-state index contributed by atoms with van der Waals surface area (Å²) < 4.78 is 13.3. The number of aryl methyl sites for hydroxylation is 1. The number of carbonyl (C=O) groups is 2.